The molecule has 1 saturated heterocycles. The number of hydrogen-bond acceptors (Lipinski definition) is 5. The number of aromatic nitrogens is 2. The summed E-state index contributed by atoms with van der Waals surface area (Å²) in [7, 11) is 0. The molecular formula is C26H23F5N4O2. The summed E-state index contributed by atoms with van der Waals surface area (Å²) < 4.78 is 73.4. The number of aryl methyl sites for hydroxylation is 1. The van der Waals surface area contributed by atoms with Gasteiger partial charge in [0.2, 0.25) is 0 Å². The van der Waals surface area contributed by atoms with Crippen molar-refractivity contribution in [3.8, 4) is 11.1 Å². The molecule has 2 aliphatic rings. The van der Waals surface area contributed by atoms with Crippen LogP contribution in [0.4, 0.5) is 33.3 Å². The van der Waals surface area contributed by atoms with E-state index < -0.39 is 36.2 Å². The number of ether oxygens (including phenoxy) is 1. The molecule has 0 bridgehead atoms. The topological polar surface area (TPSA) is 67.4 Å². The zero-order valence-corrected chi connectivity index (χ0v) is 19.8. The average Bonchev–Trinajstić information content (AvgIpc) is 2.89. The second-order valence-electron chi connectivity index (χ2n) is 9.28. The zero-order chi connectivity index (χ0) is 26.4. The SMILES string of the molecule is Cc1ccc(NC(=O)c2cnnc(C(F)(F)F)c2)cc1-c1ccc2c(c1)N1CCOC[C@H]1[C@](F)(CF)C2. The van der Waals surface area contributed by atoms with Gasteiger partial charge < -0.3 is 15.0 Å². The van der Waals surface area contributed by atoms with Crippen LogP contribution < -0.4 is 10.2 Å². The van der Waals surface area contributed by atoms with Gasteiger partial charge in [-0.15, -0.1) is 5.10 Å². The predicted octanol–water partition coefficient (Wildman–Crippen LogP) is 5.16. The van der Waals surface area contributed by atoms with Gasteiger partial charge in [0.1, 0.15) is 6.67 Å². The van der Waals surface area contributed by atoms with Crippen LogP contribution in [0, 0.1) is 6.92 Å². The van der Waals surface area contributed by atoms with Crippen LogP contribution in [0.15, 0.2) is 48.7 Å². The van der Waals surface area contributed by atoms with Crippen molar-refractivity contribution in [3.63, 3.8) is 0 Å². The fourth-order valence-electron chi connectivity index (χ4n) is 4.88. The van der Waals surface area contributed by atoms with E-state index >= 15 is 4.39 Å². The summed E-state index contributed by atoms with van der Waals surface area (Å²) in [5, 5.41) is 8.93. The first-order valence-electron chi connectivity index (χ1n) is 11.6. The van der Waals surface area contributed by atoms with Crippen LogP contribution in [-0.2, 0) is 17.3 Å². The van der Waals surface area contributed by atoms with Gasteiger partial charge in [-0.05, 0) is 53.4 Å². The maximum atomic E-state index is 15.4. The smallest absolute Gasteiger partial charge is 0.377 e. The molecule has 3 aromatic rings. The van der Waals surface area contributed by atoms with Crippen molar-refractivity contribution < 1.29 is 31.5 Å². The van der Waals surface area contributed by atoms with E-state index in [1.807, 2.05) is 24.0 Å². The maximum absolute atomic E-state index is 15.4. The molecule has 5 rings (SSSR count). The third-order valence-corrected chi connectivity index (χ3v) is 6.84. The molecule has 0 aliphatic carbocycles. The van der Waals surface area contributed by atoms with Gasteiger partial charge in [-0.25, -0.2) is 8.78 Å². The molecule has 3 heterocycles. The largest absolute Gasteiger partial charge is 0.435 e. The third-order valence-electron chi connectivity index (χ3n) is 6.84. The van der Waals surface area contributed by atoms with E-state index in [0.717, 1.165) is 28.6 Å². The second kappa shape index (κ2) is 9.37. The first kappa shape index (κ1) is 25.1. The van der Waals surface area contributed by atoms with Crippen molar-refractivity contribution in [1.82, 2.24) is 10.2 Å². The number of fused-ring (bicyclic) bond motifs is 3. The Balaban J connectivity index is 1.45. The Morgan fingerprint density at radius 2 is 2.03 bits per heavy atom. The van der Waals surface area contributed by atoms with E-state index in [1.165, 1.54) is 0 Å². The third kappa shape index (κ3) is 4.75. The van der Waals surface area contributed by atoms with Gasteiger partial charge in [-0.2, -0.15) is 18.3 Å². The lowest BCUT2D eigenvalue weighted by Gasteiger charge is -2.48. The average molecular weight is 518 g/mol. The van der Waals surface area contributed by atoms with Crippen LogP contribution in [-0.4, -0.2) is 54.2 Å². The van der Waals surface area contributed by atoms with Gasteiger partial charge in [-0.3, -0.25) is 4.79 Å². The van der Waals surface area contributed by atoms with Gasteiger partial charge in [0.25, 0.3) is 5.91 Å². The van der Waals surface area contributed by atoms with Crippen LogP contribution in [0.2, 0.25) is 0 Å². The minimum atomic E-state index is -4.72. The predicted molar refractivity (Wildman–Crippen MR) is 127 cm³/mol. The number of nitrogens with one attached hydrogen (secondary N) is 1. The highest BCUT2D eigenvalue weighted by Crippen LogP contribution is 2.42. The molecule has 194 valence electrons. The summed E-state index contributed by atoms with van der Waals surface area (Å²) in [5.74, 6) is -0.762. The normalized spacial score (nSPS) is 21.2. The molecule has 1 fully saturated rings. The Kier molecular flexibility index (Phi) is 6.35. The summed E-state index contributed by atoms with van der Waals surface area (Å²) in [6.45, 7) is 1.72. The molecule has 6 nitrogen and oxygen atoms in total. The van der Waals surface area contributed by atoms with Crippen molar-refractivity contribution in [2.75, 3.05) is 36.6 Å². The molecule has 0 saturated carbocycles. The number of carbonyl (C=O) groups excluding carboxylic acids is 1. The van der Waals surface area contributed by atoms with Crippen molar-refractivity contribution in [1.29, 1.82) is 0 Å². The van der Waals surface area contributed by atoms with E-state index in [2.05, 4.69) is 15.5 Å². The first-order chi connectivity index (χ1) is 17.6. The summed E-state index contributed by atoms with van der Waals surface area (Å²) >= 11 is 0. The number of anilines is 2. The molecule has 2 aliphatic heterocycles. The van der Waals surface area contributed by atoms with E-state index in [4.69, 9.17) is 4.74 Å². The van der Waals surface area contributed by atoms with Crippen LogP contribution in [0.1, 0.15) is 27.2 Å². The Morgan fingerprint density at radius 1 is 1.22 bits per heavy atom. The highest BCUT2D eigenvalue weighted by molar-refractivity contribution is 6.04. The molecule has 11 heteroatoms. The number of amides is 1. The minimum Gasteiger partial charge on any atom is -0.377 e. The van der Waals surface area contributed by atoms with Crippen LogP contribution in [0.25, 0.3) is 11.1 Å². The molecule has 1 aromatic heterocycles. The zero-order valence-electron chi connectivity index (χ0n) is 19.8. The summed E-state index contributed by atoms with van der Waals surface area (Å²) in [6, 6.07) is 10.6. The highest BCUT2D eigenvalue weighted by Gasteiger charge is 2.48. The number of hydrogen-bond donors (Lipinski definition) is 1. The monoisotopic (exact) mass is 518 g/mol. The van der Waals surface area contributed by atoms with Crippen LogP contribution in [0.3, 0.4) is 0 Å². The van der Waals surface area contributed by atoms with Crippen LogP contribution >= 0.6 is 0 Å². The van der Waals surface area contributed by atoms with Crippen molar-refractivity contribution in [2.45, 2.75) is 31.2 Å². The Morgan fingerprint density at radius 3 is 2.78 bits per heavy atom. The van der Waals surface area contributed by atoms with Gasteiger partial charge in [-0.1, -0.05) is 18.2 Å². The molecule has 0 unspecified atom stereocenters. The molecule has 2 aromatic carbocycles. The molecule has 1 amide bonds. The van der Waals surface area contributed by atoms with E-state index in [9.17, 15) is 22.4 Å². The van der Waals surface area contributed by atoms with Crippen molar-refractivity contribution in [2.24, 2.45) is 0 Å². The fraction of sp³-hybridized carbons (Fsp3) is 0.346. The maximum Gasteiger partial charge on any atom is 0.435 e. The van der Waals surface area contributed by atoms with E-state index in [1.54, 1.807) is 24.3 Å². The molecule has 0 spiro atoms. The minimum absolute atomic E-state index is 0.0569. The Hall–Kier alpha value is -3.60. The number of carbonyl (C=O) groups is 1. The Labute approximate surface area is 209 Å². The van der Waals surface area contributed by atoms with Crippen LogP contribution in [0.5, 0.6) is 0 Å². The lowest BCUT2D eigenvalue weighted by Crippen LogP contribution is -2.61. The number of nitrogens with zero attached hydrogens (tertiary/aromatic N) is 3. The number of halogens is 5. The summed E-state index contributed by atoms with van der Waals surface area (Å²) in [5.41, 5.74) is 0.788. The molecule has 0 radical (unpaired) electrons. The number of benzene rings is 2. The van der Waals surface area contributed by atoms with E-state index in [0.29, 0.717) is 30.5 Å². The van der Waals surface area contributed by atoms with Gasteiger partial charge >= 0.3 is 6.18 Å². The second-order valence-corrected chi connectivity index (χ2v) is 9.28. The molecule has 2 atom stereocenters. The summed E-state index contributed by atoms with van der Waals surface area (Å²) in [4.78, 5) is 14.5. The molecular weight excluding hydrogens is 495 g/mol. The number of alkyl halides is 5. The number of rotatable bonds is 4. The highest BCUT2D eigenvalue weighted by atomic mass is 19.4. The molecule has 1 N–H and O–H groups in total. The van der Waals surface area contributed by atoms with E-state index in [-0.39, 0.29) is 18.6 Å². The fourth-order valence-corrected chi connectivity index (χ4v) is 4.88. The quantitative estimate of drug-likeness (QED) is 0.484. The van der Waals surface area contributed by atoms with Crippen molar-refractivity contribution in [3.05, 3.63) is 71.0 Å². The first-order valence-corrected chi connectivity index (χ1v) is 11.6. The number of morpholine rings is 1. The standard InChI is InChI=1S/C26H23F5N4O2/c1-15-2-5-19(33-24(36)18-9-22(26(29,30)31)34-32-12-18)10-20(15)16-3-4-17-11-25(28,14-27)23-13-37-7-6-35(23)21(17)8-16/h2-5,8-10,12,23H,6-7,11,13-14H2,1H3,(H,33,36)/t23-,25+/m0/s1. The van der Waals surface area contributed by atoms with Gasteiger partial charge in [0, 0.05) is 24.3 Å². The Bertz CT molecular complexity index is 1350. The van der Waals surface area contributed by atoms with Crippen molar-refractivity contribution >= 4 is 17.3 Å². The summed E-state index contributed by atoms with van der Waals surface area (Å²) in [6.07, 6.45) is -3.82. The lowest BCUT2D eigenvalue weighted by atomic mass is 9.82. The van der Waals surface area contributed by atoms with Gasteiger partial charge in [0.05, 0.1) is 31.0 Å². The lowest BCUT2D eigenvalue weighted by molar-refractivity contribution is -0.141. The van der Waals surface area contributed by atoms with Gasteiger partial charge in [0.15, 0.2) is 11.4 Å². The molecule has 37 heavy (non-hydrogen) atoms.